The molecule has 2 aromatic rings. The standard InChI is InChI=1S/C16H22N4O/c1-17-14-12-15(18-10-6-3-7-11-21)20-16(19-14)13-8-4-2-5-9-13/h2,4-5,8-9,12,21H,3,6-7,10-11H2,1H3,(H2,17,18,19,20). The number of anilines is 2. The highest BCUT2D eigenvalue weighted by Crippen LogP contribution is 2.19. The van der Waals surface area contributed by atoms with Crippen molar-refractivity contribution in [1.82, 2.24) is 9.97 Å². The maximum atomic E-state index is 8.76. The third kappa shape index (κ3) is 4.72. The SMILES string of the molecule is CNc1cc(NCCCCCO)nc(-c2ccccc2)n1. The van der Waals surface area contributed by atoms with Crippen molar-refractivity contribution in [3.05, 3.63) is 36.4 Å². The molecular weight excluding hydrogens is 264 g/mol. The van der Waals surface area contributed by atoms with Gasteiger partial charge in [0.25, 0.3) is 0 Å². The molecule has 0 saturated heterocycles. The molecular formula is C16H22N4O. The molecule has 0 aliphatic heterocycles. The Bertz CT molecular complexity index is 545. The molecule has 2 rings (SSSR count). The summed E-state index contributed by atoms with van der Waals surface area (Å²) < 4.78 is 0. The quantitative estimate of drug-likeness (QED) is 0.651. The molecule has 0 aliphatic carbocycles. The van der Waals surface area contributed by atoms with Gasteiger partial charge in [0.2, 0.25) is 0 Å². The first-order valence-electron chi connectivity index (χ1n) is 7.30. The van der Waals surface area contributed by atoms with E-state index in [-0.39, 0.29) is 6.61 Å². The van der Waals surface area contributed by atoms with Crippen LogP contribution in [-0.4, -0.2) is 35.3 Å². The lowest BCUT2D eigenvalue weighted by molar-refractivity contribution is 0.283. The molecule has 112 valence electrons. The van der Waals surface area contributed by atoms with E-state index in [1.54, 1.807) is 0 Å². The Morgan fingerprint density at radius 2 is 1.76 bits per heavy atom. The molecule has 0 aliphatic rings. The van der Waals surface area contributed by atoms with Crippen molar-refractivity contribution in [2.24, 2.45) is 0 Å². The second kappa shape index (κ2) is 8.21. The maximum absolute atomic E-state index is 8.76. The summed E-state index contributed by atoms with van der Waals surface area (Å²) >= 11 is 0. The summed E-state index contributed by atoms with van der Waals surface area (Å²) in [5.41, 5.74) is 0.998. The van der Waals surface area contributed by atoms with Crippen molar-refractivity contribution in [2.75, 3.05) is 30.8 Å². The smallest absolute Gasteiger partial charge is 0.163 e. The highest BCUT2D eigenvalue weighted by atomic mass is 16.2. The van der Waals surface area contributed by atoms with Crippen molar-refractivity contribution < 1.29 is 5.11 Å². The number of nitrogens with one attached hydrogen (secondary N) is 2. The molecule has 3 N–H and O–H groups in total. The van der Waals surface area contributed by atoms with Gasteiger partial charge in [-0.15, -0.1) is 0 Å². The summed E-state index contributed by atoms with van der Waals surface area (Å²) in [4.78, 5) is 9.04. The number of aliphatic hydroxyl groups is 1. The van der Waals surface area contributed by atoms with Crippen LogP contribution in [0.1, 0.15) is 19.3 Å². The third-order valence-electron chi connectivity index (χ3n) is 3.16. The highest BCUT2D eigenvalue weighted by Gasteiger charge is 2.05. The second-order valence-corrected chi connectivity index (χ2v) is 4.79. The topological polar surface area (TPSA) is 70.1 Å². The third-order valence-corrected chi connectivity index (χ3v) is 3.16. The van der Waals surface area contributed by atoms with E-state index < -0.39 is 0 Å². The summed E-state index contributed by atoms with van der Waals surface area (Å²) in [6, 6.07) is 11.8. The number of aliphatic hydroxyl groups excluding tert-OH is 1. The van der Waals surface area contributed by atoms with E-state index in [2.05, 4.69) is 20.6 Å². The minimum absolute atomic E-state index is 0.259. The zero-order valence-electron chi connectivity index (χ0n) is 12.3. The van der Waals surface area contributed by atoms with Crippen LogP contribution in [0.5, 0.6) is 0 Å². The van der Waals surface area contributed by atoms with E-state index in [9.17, 15) is 0 Å². The van der Waals surface area contributed by atoms with Gasteiger partial charge in [-0.25, -0.2) is 9.97 Å². The molecule has 1 aromatic heterocycles. The van der Waals surface area contributed by atoms with Gasteiger partial charge < -0.3 is 15.7 Å². The molecule has 5 heteroatoms. The minimum atomic E-state index is 0.259. The summed E-state index contributed by atoms with van der Waals surface area (Å²) in [7, 11) is 1.85. The van der Waals surface area contributed by atoms with Crippen LogP contribution >= 0.6 is 0 Å². The van der Waals surface area contributed by atoms with Gasteiger partial charge in [-0.3, -0.25) is 0 Å². The first-order valence-corrected chi connectivity index (χ1v) is 7.30. The van der Waals surface area contributed by atoms with E-state index in [4.69, 9.17) is 5.11 Å². The van der Waals surface area contributed by atoms with E-state index in [0.29, 0.717) is 5.82 Å². The normalized spacial score (nSPS) is 10.4. The number of nitrogens with zero attached hydrogens (tertiary/aromatic N) is 2. The van der Waals surface area contributed by atoms with Gasteiger partial charge >= 0.3 is 0 Å². The monoisotopic (exact) mass is 286 g/mol. The molecule has 21 heavy (non-hydrogen) atoms. The summed E-state index contributed by atoms with van der Waals surface area (Å²) in [6.45, 7) is 1.10. The molecule has 0 bridgehead atoms. The maximum Gasteiger partial charge on any atom is 0.163 e. The van der Waals surface area contributed by atoms with Gasteiger partial charge in [0.15, 0.2) is 5.82 Å². The number of hydrogen-bond donors (Lipinski definition) is 3. The van der Waals surface area contributed by atoms with Gasteiger partial charge in [-0.2, -0.15) is 0 Å². The van der Waals surface area contributed by atoms with Crippen molar-refractivity contribution in [1.29, 1.82) is 0 Å². The van der Waals surface area contributed by atoms with E-state index in [1.165, 1.54) is 0 Å². The van der Waals surface area contributed by atoms with Crippen molar-refractivity contribution in [3.63, 3.8) is 0 Å². The summed E-state index contributed by atoms with van der Waals surface area (Å²) in [5, 5.41) is 15.1. The first kappa shape index (κ1) is 15.3. The Balaban J connectivity index is 2.07. The molecule has 0 fully saturated rings. The van der Waals surface area contributed by atoms with Crippen LogP contribution in [-0.2, 0) is 0 Å². The van der Waals surface area contributed by atoms with E-state index in [1.807, 2.05) is 43.4 Å². The van der Waals surface area contributed by atoms with E-state index in [0.717, 1.165) is 43.0 Å². The Hall–Kier alpha value is -2.14. The van der Waals surface area contributed by atoms with Crippen LogP contribution in [0.4, 0.5) is 11.6 Å². The van der Waals surface area contributed by atoms with Crippen LogP contribution in [0.25, 0.3) is 11.4 Å². The van der Waals surface area contributed by atoms with Crippen LogP contribution < -0.4 is 10.6 Å². The lowest BCUT2D eigenvalue weighted by Crippen LogP contribution is -2.06. The van der Waals surface area contributed by atoms with Crippen LogP contribution in [0.3, 0.4) is 0 Å². The van der Waals surface area contributed by atoms with Gasteiger partial charge in [0.05, 0.1) is 0 Å². The molecule has 0 atom stereocenters. The van der Waals surface area contributed by atoms with E-state index >= 15 is 0 Å². The Morgan fingerprint density at radius 3 is 2.48 bits per heavy atom. The van der Waals surface area contributed by atoms with Gasteiger partial charge in [0, 0.05) is 31.8 Å². The summed E-state index contributed by atoms with van der Waals surface area (Å²) in [6.07, 6.45) is 2.88. The van der Waals surface area contributed by atoms with Crippen molar-refractivity contribution in [2.45, 2.75) is 19.3 Å². The molecule has 0 saturated carbocycles. The lowest BCUT2D eigenvalue weighted by Gasteiger charge is -2.10. The molecule has 0 unspecified atom stereocenters. The molecule has 1 aromatic carbocycles. The highest BCUT2D eigenvalue weighted by molar-refractivity contribution is 5.61. The Morgan fingerprint density at radius 1 is 1.00 bits per heavy atom. The second-order valence-electron chi connectivity index (χ2n) is 4.79. The number of benzene rings is 1. The van der Waals surface area contributed by atoms with Gasteiger partial charge in [-0.05, 0) is 19.3 Å². The predicted molar refractivity (Wildman–Crippen MR) is 86.4 cm³/mol. The summed E-state index contributed by atoms with van der Waals surface area (Å²) in [5.74, 6) is 2.32. The fourth-order valence-electron chi connectivity index (χ4n) is 2.01. The number of aromatic nitrogens is 2. The van der Waals surface area contributed by atoms with Crippen LogP contribution in [0, 0.1) is 0 Å². The molecule has 0 amide bonds. The van der Waals surface area contributed by atoms with Crippen molar-refractivity contribution in [3.8, 4) is 11.4 Å². The first-order chi connectivity index (χ1) is 10.3. The van der Waals surface area contributed by atoms with Gasteiger partial charge in [0.1, 0.15) is 11.6 Å². The average molecular weight is 286 g/mol. The molecule has 1 heterocycles. The van der Waals surface area contributed by atoms with Crippen LogP contribution in [0.2, 0.25) is 0 Å². The lowest BCUT2D eigenvalue weighted by atomic mass is 10.2. The largest absolute Gasteiger partial charge is 0.396 e. The Labute approximate surface area is 125 Å². The zero-order valence-corrected chi connectivity index (χ0v) is 12.3. The fraction of sp³-hybridized carbons (Fsp3) is 0.375. The van der Waals surface area contributed by atoms with Crippen LogP contribution in [0.15, 0.2) is 36.4 Å². The molecule has 0 spiro atoms. The number of unbranched alkanes of at least 4 members (excludes halogenated alkanes) is 2. The average Bonchev–Trinajstić information content (AvgIpc) is 2.55. The number of rotatable bonds is 8. The zero-order chi connectivity index (χ0) is 14.9. The molecule has 5 nitrogen and oxygen atoms in total. The van der Waals surface area contributed by atoms with Crippen molar-refractivity contribution >= 4 is 11.6 Å². The fourth-order valence-corrected chi connectivity index (χ4v) is 2.01. The predicted octanol–water partition coefficient (Wildman–Crippen LogP) is 2.76. The number of hydrogen-bond acceptors (Lipinski definition) is 5. The Kier molecular flexibility index (Phi) is 5.97. The minimum Gasteiger partial charge on any atom is -0.396 e. The van der Waals surface area contributed by atoms with Gasteiger partial charge in [-0.1, -0.05) is 30.3 Å². The molecule has 0 radical (unpaired) electrons.